The molecule has 5 heteroatoms. The Hall–Kier alpha value is -2.74. The molecule has 23 heavy (non-hydrogen) atoms. The molecule has 0 aliphatic carbocycles. The van der Waals surface area contributed by atoms with Gasteiger partial charge in [0.25, 0.3) is 0 Å². The van der Waals surface area contributed by atoms with Crippen molar-refractivity contribution < 1.29 is 19.0 Å². The van der Waals surface area contributed by atoms with Crippen molar-refractivity contribution in [3.05, 3.63) is 46.9 Å². The number of benzene rings is 1. The second-order valence-electron chi connectivity index (χ2n) is 6.23. The first kappa shape index (κ1) is 16.6. The molecule has 0 saturated heterocycles. The second kappa shape index (κ2) is 6.17. The summed E-state index contributed by atoms with van der Waals surface area (Å²) in [6.45, 7) is 6.90. The van der Waals surface area contributed by atoms with E-state index in [9.17, 15) is 14.3 Å². The zero-order valence-corrected chi connectivity index (χ0v) is 13.5. The minimum absolute atomic E-state index is 0.0370. The van der Waals surface area contributed by atoms with Crippen LogP contribution in [0.15, 0.2) is 24.4 Å². The summed E-state index contributed by atoms with van der Waals surface area (Å²) in [5.41, 5.74) is 0.965. The molecule has 1 aromatic carbocycles. The number of esters is 1. The number of hydrogen-bond acceptors (Lipinski definition) is 3. The van der Waals surface area contributed by atoms with Crippen LogP contribution in [-0.2, 0) is 4.79 Å². The highest BCUT2D eigenvalue weighted by Gasteiger charge is 2.25. The number of carbonyl (C=O) groups excluding carboxylic acids is 1. The van der Waals surface area contributed by atoms with Crippen molar-refractivity contribution in [2.45, 2.75) is 27.7 Å². The van der Waals surface area contributed by atoms with Gasteiger partial charge in [-0.2, -0.15) is 0 Å². The molecule has 0 bridgehead atoms. The molecule has 2 rings (SSSR count). The van der Waals surface area contributed by atoms with E-state index in [0.717, 1.165) is 0 Å². The first-order valence-electron chi connectivity index (χ1n) is 7.09. The normalized spacial score (nSPS) is 10.8. The first-order chi connectivity index (χ1) is 10.7. The highest BCUT2D eigenvalue weighted by molar-refractivity contribution is 5.78. The number of carbonyl (C=O) groups is 1. The molecule has 0 spiro atoms. The summed E-state index contributed by atoms with van der Waals surface area (Å²) < 4.78 is 18.2. The third kappa shape index (κ3) is 3.92. The molecular weight excluding hydrogens is 297 g/mol. The molecule has 0 radical (unpaired) electrons. The number of halogens is 1. The van der Waals surface area contributed by atoms with Crippen molar-refractivity contribution in [3.63, 3.8) is 0 Å². The fourth-order valence-corrected chi connectivity index (χ4v) is 1.72. The zero-order chi connectivity index (χ0) is 17.2. The van der Waals surface area contributed by atoms with Gasteiger partial charge in [-0.25, -0.2) is 4.39 Å². The van der Waals surface area contributed by atoms with E-state index in [1.807, 2.05) is 0 Å². The second-order valence-corrected chi connectivity index (χ2v) is 6.23. The summed E-state index contributed by atoms with van der Waals surface area (Å²) in [4.78, 5) is 14.5. The molecule has 0 saturated carbocycles. The average molecular weight is 315 g/mol. The lowest BCUT2D eigenvalue weighted by molar-refractivity contribution is -0.143. The van der Waals surface area contributed by atoms with E-state index < -0.39 is 11.4 Å². The molecule has 1 heterocycles. The Kier molecular flexibility index (Phi) is 4.46. The Bertz CT molecular complexity index is 804. The largest absolute Gasteiger partial charge is 0.502 e. The van der Waals surface area contributed by atoms with Crippen LogP contribution in [0, 0.1) is 30.0 Å². The predicted octanol–water partition coefficient (Wildman–Crippen LogP) is 3.52. The van der Waals surface area contributed by atoms with Crippen LogP contribution in [0.5, 0.6) is 11.6 Å². The van der Waals surface area contributed by atoms with Crippen LogP contribution in [0.3, 0.4) is 0 Å². The molecule has 0 aliphatic heterocycles. The minimum atomic E-state index is -0.686. The lowest BCUT2D eigenvalue weighted by Crippen LogP contribution is -2.25. The van der Waals surface area contributed by atoms with Crippen LogP contribution in [0.2, 0.25) is 0 Å². The Morgan fingerprint density at radius 2 is 1.91 bits per heavy atom. The fraction of sp³-hybridized carbons (Fsp3) is 0.278. The van der Waals surface area contributed by atoms with Gasteiger partial charge in [0.1, 0.15) is 5.82 Å². The van der Waals surface area contributed by atoms with Gasteiger partial charge >= 0.3 is 5.97 Å². The van der Waals surface area contributed by atoms with Gasteiger partial charge in [0.05, 0.1) is 11.0 Å². The zero-order valence-electron chi connectivity index (χ0n) is 13.5. The number of aromatic amines is 1. The van der Waals surface area contributed by atoms with Crippen molar-refractivity contribution in [2.24, 2.45) is 5.41 Å². The van der Waals surface area contributed by atoms with Crippen LogP contribution in [-0.4, -0.2) is 16.1 Å². The molecule has 120 valence electrons. The van der Waals surface area contributed by atoms with Gasteiger partial charge < -0.3 is 14.8 Å². The number of hydrogen-bond donors (Lipinski definition) is 2. The predicted molar refractivity (Wildman–Crippen MR) is 84.7 cm³/mol. The van der Waals surface area contributed by atoms with Crippen molar-refractivity contribution >= 4 is 5.97 Å². The summed E-state index contributed by atoms with van der Waals surface area (Å²) in [7, 11) is 0. The molecule has 0 unspecified atom stereocenters. The SMILES string of the molecule is Cc1cc(F)ccc1C#Cc1c[nH]c(OC(=O)C(C)(C)C)c1O. The smallest absolute Gasteiger partial charge is 0.318 e. The van der Waals surface area contributed by atoms with E-state index in [0.29, 0.717) is 16.7 Å². The lowest BCUT2D eigenvalue weighted by Gasteiger charge is -2.15. The third-order valence-corrected chi connectivity index (χ3v) is 3.15. The molecule has 1 aromatic heterocycles. The monoisotopic (exact) mass is 315 g/mol. The minimum Gasteiger partial charge on any atom is -0.502 e. The molecule has 4 nitrogen and oxygen atoms in total. The fourth-order valence-electron chi connectivity index (χ4n) is 1.72. The molecule has 0 amide bonds. The Morgan fingerprint density at radius 1 is 1.26 bits per heavy atom. The van der Waals surface area contributed by atoms with Gasteiger partial charge in [-0.1, -0.05) is 11.8 Å². The van der Waals surface area contributed by atoms with Crippen LogP contribution < -0.4 is 4.74 Å². The molecule has 2 N–H and O–H groups in total. The van der Waals surface area contributed by atoms with Crippen molar-refractivity contribution in [2.75, 3.05) is 0 Å². The van der Waals surface area contributed by atoms with Gasteiger partial charge in [-0.05, 0) is 51.5 Å². The third-order valence-electron chi connectivity index (χ3n) is 3.15. The van der Waals surface area contributed by atoms with Gasteiger partial charge in [0.2, 0.25) is 5.88 Å². The summed E-state index contributed by atoms with van der Waals surface area (Å²) in [5, 5.41) is 10.1. The van der Waals surface area contributed by atoms with Gasteiger partial charge in [0.15, 0.2) is 5.75 Å². The molecule has 0 fully saturated rings. The highest BCUT2D eigenvalue weighted by Crippen LogP contribution is 2.30. The van der Waals surface area contributed by atoms with Crippen LogP contribution in [0.1, 0.15) is 37.5 Å². The van der Waals surface area contributed by atoms with Crippen molar-refractivity contribution in [1.82, 2.24) is 4.98 Å². The maximum absolute atomic E-state index is 13.1. The average Bonchev–Trinajstić information content (AvgIpc) is 2.78. The summed E-state index contributed by atoms with van der Waals surface area (Å²) in [5.74, 6) is 4.58. The lowest BCUT2D eigenvalue weighted by atomic mass is 9.97. The molecular formula is C18H18FNO3. The number of nitrogens with one attached hydrogen (secondary N) is 1. The van der Waals surface area contributed by atoms with Gasteiger partial charge in [-0.3, -0.25) is 4.79 Å². The van der Waals surface area contributed by atoms with Crippen molar-refractivity contribution in [1.29, 1.82) is 0 Å². The quantitative estimate of drug-likeness (QED) is 0.625. The number of ether oxygens (including phenoxy) is 1. The number of aromatic hydroxyl groups is 1. The maximum Gasteiger partial charge on any atom is 0.318 e. The summed E-state index contributed by atoms with van der Waals surface area (Å²) in [6, 6.07) is 4.28. The molecule has 2 aromatic rings. The van der Waals surface area contributed by atoms with E-state index in [2.05, 4.69) is 16.8 Å². The highest BCUT2D eigenvalue weighted by atomic mass is 19.1. The number of rotatable bonds is 1. The van der Waals surface area contributed by atoms with Gasteiger partial charge in [-0.15, -0.1) is 0 Å². The van der Waals surface area contributed by atoms with Gasteiger partial charge in [0, 0.05) is 11.8 Å². The number of aromatic nitrogens is 1. The van der Waals surface area contributed by atoms with E-state index in [1.54, 1.807) is 33.8 Å². The molecule has 0 atom stereocenters. The standard InChI is InChI=1S/C18H18FNO3/c1-11-9-14(19)8-7-12(11)5-6-13-10-20-16(15(13)21)23-17(22)18(2,3)4/h7-10,20-21H,1-4H3. The van der Waals surface area contributed by atoms with Crippen LogP contribution in [0.4, 0.5) is 4.39 Å². The molecule has 0 aliphatic rings. The van der Waals surface area contributed by atoms with E-state index in [4.69, 9.17) is 4.74 Å². The first-order valence-corrected chi connectivity index (χ1v) is 7.09. The van der Waals surface area contributed by atoms with Crippen molar-refractivity contribution in [3.8, 4) is 23.5 Å². The summed E-state index contributed by atoms with van der Waals surface area (Å²) >= 11 is 0. The van der Waals surface area contributed by atoms with E-state index >= 15 is 0 Å². The van der Waals surface area contributed by atoms with Crippen LogP contribution in [0.25, 0.3) is 0 Å². The Labute approximate surface area is 134 Å². The maximum atomic E-state index is 13.1. The Morgan fingerprint density at radius 3 is 2.52 bits per heavy atom. The van der Waals surface area contributed by atoms with E-state index in [1.165, 1.54) is 18.3 Å². The number of aryl methyl sites for hydroxylation is 1. The van der Waals surface area contributed by atoms with E-state index in [-0.39, 0.29) is 17.4 Å². The number of H-pyrrole nitrogens is 1. The summed E-state index contributed by atoms with van der Waals surface area (Å²) in [6.07, 6.45) is 1.45. The topological polar surface area (TPSA) is 62.3 Å². The van der Waals surface area contributed by atoms with Crippen LogP contribution >= 0.6 is 0 Å². The Balaban J connectivity index is 2.24.